The molecule has 2 N–H and O–H groups in total. The van der Waals surface area contributed by atoms with Gasteiger partial charge in [0.25, 0.3) is 0 Å². The Morgan fingerprint density at radius 2 is 2.10 bits per heavy atom. The van der Waals surface area contributed by atoms with Gasteiger partial charge < -0.3 is 24.7 Å². The zero-order valence-corrected chi connectivity index (χ0v) is 11.7. The Hall–Kier alpha value is -1.34. The van der Waals surface area contributed by atoms with Crippen LogP contribution in [0.1, 0.15) is 19.8 Å². The minimum absolute atomic E-state index is 0.0761. The average molecular weight is 286 g/mol. The molecular formula is C13H22N2O5. The van der Waals surface area contributed by atoms with E-state index in [4.69, 9.17) is 14.9 Å². The van der Waals surface area contributed by atoms with Crippen LogP contribution in [0.2, 0.25) is 0 Å². The van der Waals surface area contributed by atoms with Gasteiger partial charge in [0.05, 0.1) is 31.8 Å². The number of carbonyl (C=O) groups is 2. The molecule has 0 aromatic heterocycles. The molecule has 2 aliphatic rings. The van der Waals surface area contributed by atoms with E-state index in [1.807, 2.05) is 6.92 Å². The molecule has 2 fully saturated rings. The van der Waals surface area contributed by atoms with E-state index >= 15 is 0 Å². The molecule has 3 unspecified atom stereocenters. The molecule has 0 aliphatic carbocycles. The smallest absolute Gasteiger partial charge is 0.320 e. The van der Waals surface area contributed by atoms with Crippen LogP contribution in [0.4, 0.5) is 4.79 Å². The van der Waals surface area contributed by atoms with Gasteiger partial charge in [-0.1, -0.05) is 0 Å². The summed E-state index contributed by atoms with van der Waals surface area (Å²) in [4.78, 5) is 26.9. The molecule has 2 aliphatic heterocycles. The number of carboxylic acid groups (broad SMARTS) is 1. The molecule has 0 saturated carbocycles. The molecule has 0 aromatic carbocycles. The van der Waals surface area contributed by atoms with Crippen LogP contribution in [-0.4, -0.2) is 77.0 Å². The topological polar surface area (TPSA) is 90.3 Å². The van der Waals surface area contributed by atoms with Crippen LogP contribution in [0.3, 0.4) is 0 Å². The zero-order chi connectivity index (χ0) is 14.7. The first-order valence-corrected chi connectivity index (χ1v) is 7.03. The van der Waals surface area contributed by atoms with Gasteiger partial charge in [-0.2, -0.15) is 0 Å². The maximum Gasteiger partial charge on any atom is 0.320 e. The molecule has 7 nitrogen and oxygen atoms in total. The average Bonchev–Trinajstić information content (AvgIpc) is 2.46. The van der Waals surface area contributed by atoms with Crippen LogP contribution in [0.5, 0.6) is 0 Å². The van der Waals surface area contributed by atoms with Gasteiger partial charge in [0.15, 0.2) is 0 Å². The molecule has 0 bridgehead atoms. The fourth-order valence-electron chi connectivity index (χ4n) is 2.87. The molecule has 20 heavy (non-hydrogen) atoms. The Balaban J connectivity index is 1.94. The van der Waals surface area contributed by atoms with E-state index in [9.17, 15) is 9.59 Å². The number of urea groups is 1. The first-order valence-electron chi connectivity index (χ1n) is 7.03. The summed E-state index contributed by atoms with van der Waals surface area (Å²) in [5.41, 5.74) is 0. The minimum atomic E-state index is -0.782. The van der Waals surface area contributed by atoms with Crippen molar-refractivity contribution in [2.24, 2.45) is 5.92 Å². The van der Waals surface area contributed by atoms with E-state index in [0.29, 0.717) is 39.1 Å². The summed E-state index contributed by atoms with van der Waals surface area (Å²) in [6, 6.07) is -0.157. The molecule has 0 aromatic rings. The van der Waals surface area contributed by atoms with Crippen LogP contribution < -0.4 is 0 Å². The summed E-state index contributed by atoms with van der Waals surface area (Å²) in [6.45, 7) is 3.59. The van der Waals surface area contributed by atoms with Gasteiger partial charge in [-0.3, -0.25) is 4.79 Å². The summed E-state index contributed by atoms with van der Waals surface area (Å²) in [5, 5.41) is 18.1. The first-order chi connectivity index (χ1) is 9.52. The van der Waals surface area contributed by atoms with Gasteiger partial charge in [-0.25, -0.2) is 4.79 Å². The lowest BCUT2D eigenvalue weighted by molar-refractivity contribution is -0.143. The third kappa shape index (κ3) is 3.21. The zero-order valence-electron chi connectivity index (χ0n) is 11.7. The van der Waals surface area contributed by atoms with Crippen LogP contribution in [0.25, 0.3) is 0 Å². The van der Waals surface area contributed by atoms with Gasteiger partial charge in [0, 0.05) is 19.1 Å². The van der Waals surface area contributed by atoms with Crippen molar-refractivity contribution in [3.05, 3.63) is 0 Å². The third-order valence-electron chi connectivity index (χ3n) is 4.08. The number of amides is 2. The Kier molecular flexibility index (Phi) is 4.82. The number of aliphatic carboxylic acids is 1. The van der Waals surface area contributed by atoms with Crippen molar-refractivity contribution in [3.63, 3.8) is 0 Å². The largest absolute Gasteiger partial charge is 0.481 e. The van der Waals surface area contributed by atoms with Crippen molar-refractivity contribution in [2.45, 2.75) is 31.9 Å². The van der Waals surface area contributed by atoms with Crippen molar-refractivity contribution < 1.29 is 24.5 Å². The van der Waals surface area contributed by atoms with Crippen molar-refractivity contribution in [2.75, 3.05) is 32.8 Å². The molecule has 114 valence electrons. The summed E-state index contributed by atoms with van der Waals surface area (Å²) in [7, 11) is 0. The van der Waals surface area contributed by atoms with E-state index in [1.165, 1.54) is 0 Å². The second-order valence-corrected chi connectivity index (χ2v) is 5.51. The number of morpholine rings is 1. The summed E-state index contributed by atoms with van der Waals surface area (Å²) in [6.07, 6.45) is 0.674. The Labute approximate surface area is 118 Å². The monoisotopic (exact) mass is 286 g/mol. The summed E-state index contributed by atoms with van der Waals surface area (Å²) >= 11 is 0. The number of carbonyl (C=O) groups excluding carboxylic acids is 1. The molecule has 2 heterocycles. The number of nitrogens with zero attached hydrogens (tertiary/aromatic N) is 2. The van der Waals surface area contributed by atoms with Gasteiger partial charge in [-0.15, -0.1) is 0 Å². The maximum atomic E-state index is 12.5. The lowest BCUT2D eigenvalue weighted by atomic mass is 9.92. The number of rotatable bonds is 2. The second-order valence-electron chi connectivity index (χ2n) is 5.51. The fraction of sp³-hybridized carbons (Fsp3) is 0.846. The predicted octanol–water partition coefficient (Wildman–Crippen LogP) is -0.0154. The lowest BCUT2D eigenvalue weighted by Crippen LogP contribution is -2.55. The lowest BCUT2D eigenvalue weighted by Gasteiger charge is -2.41. The number of aliphatic hydroxyl groups excluding tert-OH is 1. The maximum absolute atomic E-state index is 12.5. The quantitative estimate of drug-likeness (QED) is 0.745. The fourth-order valence-corrected chi connectivity index (χ4v) is 2.87. The first kappa shape index (κ1) is 15.1. The molecule has 7 heteroatoms. The number of piperidine rings is 1. The molecule has 0 radical (unpaired) electrons. The minimum Gasteiger partial charge on any atom is -0.481 e. The van der Waals surface area contributed by atoms with Crippen molar-refractivity contribution in [1.82, 2.24) is 9.80 Å². The van der Waals surface area contributed by atoms with Gasteiger partial charge in [-0.05, 0) is 19.8 Å². The SMILES string of the molecule is CC1CC(C(=O)O)CCN1C(=O)N1CCOC(CO)C1. The van der Waals surface area contributed by atoms with Crippen molar-refractivity contribution in [1.29, 1.82) is 0 Å². The highest BCUT2D eigenvalue weighted by atomic mass is 16.5. The number of hydrogen-bond acceptors (Lipinski definition) is 4. The number of hydrogen-bond donors (Lipinski definition) is 2. The molecule has 2 rings (SSSR count). The number of likely N-dealkylation sites (tertiary alicyclic amines) is 1. The van der Waals surface area contributed by atoms with Crippen molar-refractivity contribution in [3.8, 4) is 0 Å². The Morgan fingerprint density at radius 3 is 2.70 bits per heavy atom. The Bertz CT molecular complexity index is 376. The van der Waals surface area contributed by atoms with E-state index < -0.39 is 5.97 Å². The standard InChI is InChI=1S/C13H22N2O5/c1-9-6-10(12(17)18)2-3-15(9)13(19)14-4-5-20-11(7-14)8-16/h9-11,16H,2-8H2,1H3,(H,17,18). The van der Waals surface area contributed by atoms with Crippen LogP contribution in [0, 0.1) is 5.92 Å². The van der Waals surface area contributed by atoms with E-state index in [2.05, 4.69) is 0 Å². The molecule has 0 spiro atoms. The van der Waals surface area contributed by atoms with E-state index in [1.54, 1.807) is 9.80 Å². The number of carboxylic acids is 1. The highest BCUT2D eigenvalue weighted by Gasteiger charge is 2.35. The Morgan fingerprint density at radius 1 is 1.35 bits per heavy atom. The van der Waals surface area contributed by atoms with Crippen LogP contribution >= 0.6 is 0 Å². The van der Waals surface area contributed by atoms with Crippen LogP contribution in [0.15, 0.2) is 0 Å². The molecule has 2 saturated heterocycles. The van der Waals surface area contributed by atoms with Gasteiger partial charge >= 0.3 is 12.0 Å². The summed E-state index contributed by atoms with van der Waals surface area (Å²) < 4.78 is 5.33. The number of aliphatic hydroxyl groups is 1. The highest BCUT2D eigenvalue weighted by Crippen LogP contribution is 2.24. The predicted molar refractivity (Wildman–Crippen MR) is 70.3 cm³/mol. The number of ether oxygens (including phenoxy) is 1. The van der Waals surface area contributed by atoms with Crippen LogP contribution in [-0.2, 0) is 9.53 Å². The van der Waals surface area contributed by atoms with Gasteiger partial charge in [0.2, 0.25) is 0 Å². The molecular weight excluding hydrogens is 264 g/mol. The van der Waals surface area contributed by atoms with E-state index in [-0.39, 0.29) is 30.7 Å². The van der Waals surface area contributed by atoms with Gasteiger partial charge in [0.1, 0.15) is 0 Å². The second kappa shape index (κ2) is 6.41. The third-order valence-corrected chi connectivity index (χ3v) is 4.08. The van der Waals surface area contributed by atoms with E-state index in [0.717, 1.165) is 0 Å². The van der Waals surface area contributed by atoms with Crippen molar-refractivity contribution >= 4 is 12.0 Å². The summed E-state index contributed by atoms with van der Waals surface area (Å²) in [5.74, 6) is -1.14. The normalized spacial score (nSPS) is 31.2. The molecule has 2 amide bonds. The molecule has 3 atom stereocenters. The highest BCUT2D eigenvalue weighted by molar-refractivity contribution is 5.76.